The summed E-state index contributed by atoms with van der Waals surface area (Å²) < 4.78 is 0. The molecule has 4 nitrogen and oxygen atoms in total. The number of fused-ring (bicyclic) bond motifs is 5. The molecule has 9 aromatic rings. The van der Waals surface area contributed by atoms with Crippen LogP contribution in [-0.2, 0) is 0 Å². The average molecular weight is 613 g/mol. The van der Waals surface area contributed by atoms with Gasteiger partial charge in [-0.25, -0.2) is 19.9 Å². The van der Waals surface area contributed by atoms with Gasteiger partial charge >= 0.3 is 0 Å². The molecule has 6 aromatic carbocycles. The minimum Gasteiger partial charge on any atom is -0.248 e. The molecule has 0 fully saturated rings. The van der Waals surface area contributed by atoms with Crippen LogP contribution in [0, 0.1) is 0 Å². The highest BCUT2D eigenvalue weighted by Gasteiger charge is 2.16. The third kappa shape index (κ3) is 4.97. The first-order chi connectivity index (χ1) is 23.8. The molecule has 0 radical (unpaired) electrons. The van der Waals surface area contributed by atoms with Crippen molar-refractivity contribution in [3.05, 3.63) is 170 Å². The van der Waals surface area contributed by atoms with E-state index in [2.05, 4.69) is 109 Å². The van der Waals surface area contributed by atoms with Crippen molar-refractivity contribution in [3.8, 4) is 56.4 Å². The SMILES string of the molecule is c1ccc(-c2cc(-c3ccc(-c4nc5ccccc5c5ccc6nc(-c7ccccc7)ccc6c45)cc3)nc(-c3ccccc3)n2)cc1. The minimum absolute atomic E-state index is 0.701. The van der Waals surface area contributed by atoms with Crippen LogP contribution in [0.15, 0.2) is 170 Å². The molecule has 9 rings (SSSR count). The Bertz CT molecular complexity index is 2520. The first-order valence-corrected chi connectivity index (χ1v) is 16.1. The van der Waals surface area contributed by atoms with Crippen molar-refractivity contribution in [2.45, 2.75) is 0 Å². The molecule has 3 aromatic heterocycles. The van der Waals surface area contributed by atoms with Crippen LogP contribution in [0.2, 0.25) is 0 Å². The number of para-hydroxylation sites is 1. The van der Waals surface area contributed by atoms with Crippen LogP contribution >= 0.6 is 0 Å². The van der Waals surface area contributed by atoms with Gasteiger partial charge in [-0.05, 0) is 35.7 Å². The van der Waals surface area contributed by atoms with Crippen molar-refractivity contribution in [1.82, 2.24) is 19.9 Å². The fourth-order valence-corrected chi connectivity index (χ4v) is 6.50. The highest BCUT2D eigenvalue weighted by atomic mass is 14.9. The lowest BCUT2D eigenvalue weighted by Gasteiger charge is -2.14. The van der Waals surface area contributed by atoms with Crippen LogP contribution in [0.1, 0.15) is 0 Å². The summed E-state index contributed by atoms with van der Waals surface area (Å²) in [5.41, 5.74) is 10.7. The second-order valence-corrected chi connectivity index (χ2v) is 11.9. The van der Waals surface area contributed by atoms with Gasteiger partial charge in [0.15, 0.2) is 5.82 Å². The Balaban J connectivity index is 1.20. The van der Waals surface area contributed by atoms with Gasteiger partial charge in [-0.3, -0.25) is 0 Å². The fourth-order valence-electron chi connectivity index (χ4n) is 6.50. The largest absolute Gasteiger partial charge is 0.248 e. The van der Waals surface area contributed by atoms with Gasteiger partial charge in [-0.1, -0.05) is 140 Å². The van der Waals surface area contributed by atoms with E-state index in [-0.39, 0.29) is 0 Å². The standard InChI is InChI=1S/C44H28N4/c1-4-12-29(13-5-1)37-26-25-36-39(45-37)27-24-35-34-18-10-11-19-38(34)46-43(42(35)36)32-22-20-31(21-23-32)41-28-40(30-14-6-2-7-15-30)47-44(48-41)33-16-8-3-9-17-33/h1-28H. The van der Waals surface area contributed by atoms with Crippen LogP contribution < -0.4 is 0 Å². The molecule has 0 unspecified atom stereocenters. The summed E-state index contributed by atoms with van der Waals surface area (Å²) in [4.78, 5) is 20.3. The number of hydrogen-bond acceptors (Lipinski definition) is 4. The molecule has 48 heavy (non-hydrogen) atoms. The number of aromatic nitrogens is 4. The zero-order valence-electron chi connectivity index (χ0n) is 26.0. The first-order valence-electron chi connectivity index (χ1n) is 16.1. The average Bonchev–Trinajstić information content (AvgIpc) is 3.18. The maximum absolute atomic E-state index is 5.26. The summed E-state index contributed by atoms with van der Waals surface area (Å²) in [6.45, 7) is 0. The second-order valence-electron chi connectivity index (χ2n) is 11.9. The Morgan fingerprint density at radius 3 is 1.50 bits per heavy atom. The normalized spacial score (nSPS) is 11.3. The Kier molecular flexibility index (Phi) is 6.76. The van der Waals surface area contributed by atoms with E-state index in [4.69, 9.17) is 19.9 Å². The lowest BCUT2D eigenvalue weighted by atomic mass is 9.95. The van der Waals surface area contributed by atoms with E-state index < -0.39 is 0 Å². The zero-order valence-corrected chi connectivity index (χ0v) is 26.0. The van der Waals surface area contributed by atoms with Crippen LogP contribution in [0.25, 0.3) is 89.0 Å². The maximum atomic E-state index is 5.26. The van der Waals surface area contributed by atoms with Gasteiger partial charge in [-0.2, -0.15) is 0 Å². The number of hydrogen-bond donors (Lipinski definition) is 0. The lowest BCUT2D eigenvalue weighted by molar-refractivity contribution is 1.18. The highest BCUT2D eigenvalue weighted by molar-refractivity contribution is 6.20. The number of nitrogens with zero attached hydrogens (tertiary/aromatic N) is 4. The van der Waals surface area contributed by atoms with Crippen LogP contribution in [0.3, 0.4) is 0 Å². The summed E-state index contributed by atoms with van der Waals surface area (Å²) in [6, 6.07) is 58.4. The molecule has 0 aliphatic rings. The second kappa shape index (κ2) is 11.7. The quantitative estimate of drug-likeness (QED) is 0.181. The van der Waals surface area contributed by atoms with Crippen molar-refractivity contribution in [3.63, 3.8) is 0 Å². The van der Waals surface area contributed by atoms with Crippen molar-refractivity contribution in [1.29, 1.82) is 0 Å². The Hall–Kier alpha value is -6.52. The van der Waals surface area contributed by atoms with Crippen LogP contribution in [0.4, 0.5) is 0 Å². The maximum Gasteiger partial charge on any atom is 0.160 e. The van der Waals surface area contributed by atoms with E-state index in [1.807, 2.05) is 60.7 Å². The molecule has 0 aliphatic heterocycles. The van der Waals surface area contributed by atoms with Gasteiger partial charge in [0, 0.05) is 44.0 Å². The number of pyridine rings is 2. The van der Waals surface area contributed by atoms with Gasteiger partial charge in [0.25, 0.3) is 0 Å². The van der Waals surface area contributed by atoms with Crippen molar-refractivity contribution < 1.29 is 0 Å². The first kappa shape index (κ1) is 27.8. The van der Waals surface area contributed by atoms with E-state index in [1.54, 1.807) is 0 Å². The molecule has 0 spiro atoms. The van der Waals surface area contributed by atoms with Gasteiger partial charge in [0.1, 0.15) is 0 Å². The molecule has 0 atom stereocenters. The molecule has 3 heterocycles. The molecule has 0 saturated carbocycles. The third-order valence-electron chi connectivity index (χ3n) is 8.89. The summed E-state index contributed by atoms with van der Waals surface area (Å²) >= 11 is 0. The number of benzene rings is 6. The Morgan fingerprint density at radius 1 is 0.292 bits per heavy atom. The van der Waals surface area contributed by atoms with Crippen molar-refractivity contribution in [2.75, 3.05) is 0 Å². The van der Waals surface area contributed by atoms with E-state index in [0.717, 1.165) is 83.2 Å². The van der Waals surface area contributed by atoms with Crippen molar-refractivity contribution >= 4 is 32.6 Å². The topological polar surface area (TPSA) is 51.6 Å². The van der Waals surface area contributed by atoms with Gasteiger partial charge < -0.3 is 0 Å². The van der Waals surface area contributed by atoms with E-state index >= 15 is 0 Å². The molecule has 224 valence electrons. The summed E-state index contributed by atoms with van der Waals surface area (Å²) in [5, 5.41) is 4.48. The molecule has 0 bridgehead atoms. The van der Waals surface area contributed by atoms with Gasteiger partial charge in [0.2, 0.25) is 0 Å². The van der Waals surface area contributed by atoms with Crippen LogP contribution in [0.5, 0.6) is 0 Å². The molecule has 0 saturated heterocycles. The molecule has 0 aliphatic carbocycles. The third-order valence-corrected chi connectivity index (χ3v) is 8.89. The van der Waals surface area contributed by atoms with Crippen molar-refractivity contribution in [2.24, 2.45) is 0 Å². The van der Waals surface area contributed by atoms with E-state index in [0.29, 0.717) is 5.82 Å². The summed E-state index contributed by atoms with van der Waals surface area (Å²) in [6.07, 6.45) is 0. The summed E-state index contributed by atoms with van der Waals surface area (Å²) in [5.74, 6) is 0.701. The van der Waals surface area contributed by atoms with Crippen LogP contribution in [-0.4, -0.2) is 19.9 Å². The molecular weight excluding hydrogens is 585 g/mol. The molecule has 0 N–H and O–H groups in total. The molecule has 0 amide bonds. The molecular formula is C44H28N4. The highest BCUT2D eigenvalue weighted by Crippen LogP contribution is 2.38. The Labute approximate surface area is 278 Å². The smallest absolute Gasteiger partial charge is 0.160 e. The van der Waals surface area contributed by atoms with Gasteiger partial charge in [-0.15, -0.1) is 0 Å². The zero-order chi connectivity index (χ0) is 31.9. The fraction of sp³-hybridized carbons (Fsp3) is 0. The summed E-state index contributed by atoms with van der Waals surface area (Å²) in [7, 11) is 0. The number of rotatable bonds is 5. The lowest BCUT2D eigenvalue weighted by Crippen LogP contribution is -1.96. The molecule has 4 heteroatoms. The predicted molar refractivity (Wildman–Crippen MR) is 197 cm³/mol. The van der Waals surface area contributed by atoms with Gasteiger partial charge in [0.05, 0.1) is 33.8 Å². The Morgan fingerprint density at radius 2 is 0.812 bits per heavy atom. The van der Waals surface area contributed by atoms with E-state index in [9.17, 15) is 0 Å². The van der Waals surface area contributed by atoms with E-state index in [1.165, 1.54) is 0 Å². The predicted octanol–water partition coefficient (Wildman–Crippen LogP) is 11.1. The minimum atomic E-state index is 0.701. The monoisotopic (exact) mass is 612 g/mol.